The molecular formula is C20H24N4O2S2. The molecule has 1 atom stereocenters. The first-order chi connectivity index (χ1) is 13.4. The molecular weight excluding hydrogens is 392 g/mol. The third kappa shape index (κ3) is 3.35. The van der Waals surface area contributed by atoms with Crippen LogP contribution >= 0.6 is 23.1 Å². The minimum absolute atomic E-state index is 0.0275. The van der Waals surface area contributed by atoms with Crippen LogP contribution in [0.1, 0.15) is 55.9 Å². The number of nitriles is 1. The Hall–Kier alpha value is -1.85. The number of carbonyl (C=O) groups excluding carboxylic acids is 1. The first-order valence-electron chi connectivity index (χ1n) is 9.85. The first-order valence-corrected chi connectivity index (χ1v) is 11.5. The van der Waals surface area contributed by atoms with Gasteiger partial charge in [0.1, 0.15) is 10.4 Å². The summed E-state index contributed by atoms with van der Waals surface area (Å²) in [7, 11) is 1.72. The number of aryl methyl sites for hydroxylation is 2. The second-order valence-electron chi connectivity index (χ2n) is 7.80. The molecule has 28 heavy (non-hydrogen) atoms. The number of amides is 1. The highest BCUT2D eigenvalue weighted by Gasteiger charge is 2.35. The van der Waals surface area contributed by atoms with E-state index in [1.807, 2.05) is 0 Å². The summed E-state index contributed by atoms with van der Waals surface area (Å²) in [6.07, 6.45) is 7.53. The molecule has 0 saturated heterocycles. The lowest BCUT2D eigenvalue weighted by Gasteiger charge is -2.32. The van der Waals surface area contributed by atoms with Crippen LogP contribution in [-0.4, -0.2) is 26.2 Å². The Kier molecular flexibility index (Phi) is 5.23. The van der Waals surface area contributed by atoms with E-state index in [9.17, 15) is 14.9 Å². The molecule has 1 N–H and O–H groups in total. The number of rotatable bonds is 4. The molecule has 0 bridgehead atoms. The fourth-order valence-corrected chi connectivity index (χ4v) is 6.36. The molecule has 2 aromatic rings. The number of thioether (sulfide) groups is 1. The lowest BCUT2D eigenvalue weighted by atomic mass is 9.83. The smallest absolute Gasteiger partial charge is 0.262 e. The van der Waals surface area contributed by atoms with Crippen LogP contribution in [-0.2, 0) is 24.7 Å². The molecule has 1 amide bonds. The van der Waals surface area contributed by atoms with E-state index in [4.69, 9.17) is 4.98 Å². The predicted molar refractivity (Wildman–Crippen MR) is 112 cm³/mol. The number of nitrogens with one attached hydrogen (secondary N) is 1. The molecule has 0 spiro atoms. The fourth-order valence-electron chi connectivity index (χ4n) is 4.18. The number of hydrogen-bond donors (Lipinski definition) is 1. The molecule has 0 unspecified atom stereocenters. The molecule has 6 nitrogen and oxygen atoms in total. The standard InChI is InChI=1S/C20H24N4O2S2/c1-12(16(25)23-20(11-21)9-4-3-5-10-20)27-19-22-17-15(18(26)24(19)2)13-7-6-8-14(13)28-17/h12H,3-10H2,1-2H3,(H,23,25)/t12-/m0/s1. The highest BCUT2D eigenvalue weighted by molar-refractivity contribution is 8.00. The number of fused-ring (bicyclic) bond motifs is 3. The fraction of sp³-hybridized carbons (Fsp3) is 0.600. The summed E-state index contributed by atoms with van der Waals surface area (Å²) in [6, 6.07) is 2.32. The SMILES string of the molecule is C[C@H](Sc1nc2sc3c(c2c(=O)n1C)CCC3)C(=O)NC1(C#N)CCCCC1. The molecule has 0 aromatic carbocycles. The molecule has 0 aliphatic heterocycles. The Bertz CT molecular complexity index is 1030. The molecule has 2 heterocycles. The van der Waals surface area contributed by atoms with Crippen LogP contribution in [0, 0.1) is 11.3 Å². The van der Waals surface area contributed by atoms with Crippen molar-refractivity contribution in [1.29, 1.82) is 5.26 Å². The summed E-state index contributed by atoms with van der Waals surface area (Å²) in [6.45, 7) is 1.80. The maximum Gasteiger partial charge on any atom is 0.262 e. The van der Waals surface area contributed by atoms with Gasteiger partial charge in [0.2, 0.25) is 5.91 Å². The van der Waals surface area contributed by atoms with E-state index < -0.39 is 10.8 Å². The van der Waals surface area contributed by atoms with E-state index in [0.29, 0.717) is 18.0 Å². The summed E-state index contributed by atoms with van der Waals surface area (Å²) in [5, 5.41) is 13.4. The lowest BCUT2D eigenvalue weighted by Crippen LogP contribution is -2.51. The van der Waals surface area contributed by atoms with Crippen molar-refractivity contribution in [2.75, 3.05) is 0 Å². The van der Waals surface area contributed by atoms with Gasteiger partial charge in [0.25, 0.3) is 5.56 Å². The summed E-state index contributed by atoms with van der Waals surface area (Å²) in [4.78, 5) is 32.4. The molecule has 1 saturated carbocycles. The van der Waals surface area contributed by atoms with Gasteiger partial charge in [-0.2, -0.15) is 5.26 Å². The van der Waals surface area contributed by atoms with Crippen LogP contribution in [0.4, 0.5) is 0 Å². The summed E-state index contributed by atoms with van der Waals surface area (Å²) in [5.74, 6) is -0.170. The molecule has 2 aliphatic rings. The van der Waals surface area contributed by atoms with Crippen LogP contribution in [0.3, 0.4) is 0 Å². The van der Waals surface area contributed by atoms with Gasteiger partial charge in [-0.1, -0.05) is 31.0 Å². The molecule has 1 fully saturated rings. The minimum atomic E-state index is -0.748. The number of aromatic nitrogens is 2. The Morgan fingerprint density at radius 2 is 2.07 bits per heavy atom. The maximum atomic E-state index is 12.9. The third-order valence-corrected chi connectivity index (χ3v) is 8.17. The first kappa shape index (κ1) is 19.5. The van der Waals surface area contributed by atoms with Gasteiger partial charge in [0.05, 0.1) is 16.7 Å². The van der Waals surface area contributed by atoms with E-state index in [0.717, 1.165) is 48.7 Å². The van der Waals surface area contributed by atoms with Crippen LogP contribution < -0.4 is 10.9 Å². The third-order valence-electron chi connectivity index (χ3n) is 5.84. The zero-order valence-electron chi connectivity index (χ0n) is 16.2. The molecule has 2 aliphatic carbocycles. The number of nitrogens with zero attached hydrogens (tertiary/aromatic N) is 3. The Labute approximate surface area is 172 Å². The van der Waals surface area contributed by atoms with Crippen LogP contribution in [0.5, 0.6) is 0 Å². The summed E-state index contributed by atoms with van der Waals surface area (Å²) >= 11 is 2.89. The Morgan fingerprint density at radius 1 is 1.32 bits per heavy atom. The van der Waals surface area contributed by atoms with Crippen molar-refractivity contribution >= 4 is 39.2 Å². The van der Waals surface area contributed by atoms with Crippen molar-refractivity contribution < 1.29 is 4.79 Å². The monoisotopic (exact) mass is 416 g/mol. The molecule has 0 radical (unpaired) electrons. The van der Waals surface area contributed by atoms with E-state index in [1.54, 1.807) is 29.9 Å². The van der Waals surface area contributed by atoms with Crippen molar-refractivity contribution in [1.82, 2.24) is 14.9 Å². The highest BCUT2D eigenvalue weighted by atomic mass is 32.2. The van der Waals surface area contributed by atoms with Gasteiger partial charge in [-0.3, -0.25) is 14.2 Å². The zero-order chi connectivity index (χ0) is 19.9. The van der Waals surface area contributed by atoms with Gasteiger partial charge in [-0.05, 0) is 44.6 Å². The van der Waals surface area contributed by atoms with Gasteiger partial charge >= 0.3 is 0 Å². The molecule has 8 heteroatoms. The zero-order valence-corrected chi connectivity index (χ0v) is 17.8. The second kappa shape index (κ2) is 7.53. The van der Waals surface area contributed by atoms with Gasteiger partial charge in [-0.15, -0.1) is 11.3 Å². The maximum absolute atomic E-state index is 12.9. The van der Waals surface area contributed by atoms with E-state index >= 15 is 0 Å². The molecule has 148 valence electrons. The predicted octanol–water partition coefficient (Wildman–Crippen LogP) is 3.31. The van der Waals surface area contributed by atoms with Crippen LogP contribution in [0.2, 0.25) is 0 Å². The largest absolute Gasteiger partial charge is 0.337 e. The van der Waals surface area contributed by atoms with Crippen molar-refractivity contribution in [2.24, 2.45) is 7.05 Å². The second-order valence-corrected chi connectivity index (χ2v) is 10.2. The quantitative estimate of drug-likeness (QED) is 0.610. The molecule has 2 aromatic heterocycles. The minimum Gasteiger partial charge on any atom is -0.337 e. The van der Waals surface area contributed by atoms with Gasteiger partial charge in [0, 0.05) is 11.9 Å². The topological polar surface area (TPSA) is 87.8 Å². The summed E-state index contributed by atoms with van der Waals surface area (Å²) in [5.41, 5.74) is 0.395. The van der Waals surface area contributed by atoms with Crippen molar-refractivity contribution in [3.8, 4) is 6.07 Å². The van der Waals surface area contributed by atoms with Crippen molar-refractivity contribution in [3.05, 3.63) is 20.8 Å². The highest BCUT2D eigenvalue weighted by Crippen LogP contribution is 2.36. The van der Waals surface area contributed by atoms with E-state index in [1.165, 1.54) is 22.2 Å². The number of hydrogen-bond acceptors (Lipinski definition) is 6. The van der Waals surface area contributed by atoms with Crippen LogP contribution in [0.25, 0.3) is 10.2 Å². The van der Waals surface area contributed by atoms with Gasteiger partial charge < -0.3 is 5.32 Å². The number of thiophene rings is 1. The van der Waals surface area contributed by atoms with Gasteiger partial charge in [-0.25, -0.2) is 4.98 Å². The Balaban J connectivity index is 1.56. The van der Waals surface area contributed by atoms with E-state index in [-0.39, 0.29) is 11.5 Å². The summed E-state index contributed by atoms with van der Waals surface area (Å²) < 4.78 is 1.56. The number of carbonyl (C=O) groups is 1. The average molecular weight is 417 g/mol. The van der Waals surface area contributed by atoms with Crippen molar-refractivity contribution in [2.45, 2.75) is 74.2 Å². The Morgan fingerprint density at radius 3 is 2.79 bits per heavy atom. The van der Waals surface area contributed by atoms with Gasteiger partial charge in [0.15, 0.2) is 5.16 Å². The van der Waals surface area contributed by atoms with E-state index in [2.05, 4.69) is 11.4 Å². The van der Waals surface area contributed by atoms with Crippen LogP contribution in [0.15, 0.2) is 9.95 Å². The molecule has 4 rings (SSSR count). The normalized spacial score (nSPS) is 19.2. The average Bonchev–Trinajstić information content (AvgIpc) is 3.27. The van der Waals surface area contributed by atoms with Crippen molar-refractivity contribution in [3.63, 3.8) is 0 Å². The lowest BCUT2D eigenvalue weighted by molar-refractivity contribution is -0.121.